The first-order valence-corrected chi connectivity index (χ1v) is 6.19. The molecule has 0 fully saturated rings. The second kappa shape index (κ2) is 14.7. The fraction of sp³-hybridized carbons (Fsp3) is 0.222. The van der Waals surface area contributed by atoms with Gasteiger partial charge in [0.05, 0.1) is 0 Å². The van der Waals surface area contributed by atoms with Gasteiger partial charge in [-0.25, -0.2) is 0 Å². The molecule has 1 atom stereocenters. The smallest absolute Gasteiger partial charge is 0.822 e. The van der Waals surface area contributed by atoms with Crippen LogP contribution in [0.5, 0.6) is 11.5 Å². The second-order valence-corrected chi connectivity index (χ2v) is 4.31. The van der Waals surface area contributed by atoms with Crippen molar-refractivity contribution in [2.45, 2.75) is 12.5 Å². The Hall–Kier alpha value is 1.36. The van der Waals surface area contributed by atoms with Crippen molar-refractivity contribution in [1.29, 1.82) is 0 Å². The molecule has 0 aliphatic carbocycles. The summed E-state index contributed by atoms with van der Waals surface area (Å²) < 4.78 is 8.55. The summed E-state index contributed by atoms with van der Waals surface area (Å²) in [6.07, 6.45) is 0.114. The van der Waals surface area contributed by atoms with Gasteiger partial charge in [-0.1, -0.05) is 6.07 Å². The molecule has 13 heteroatoms. The SMILES string of the molecule is NC(Cc1ccc(O)c(O)c1)C(=O)O.O=P([O-])([O-])[O-].[Na+].[Na+].[Na+]. The van der Waals surface area contributed by atoms with Crippen molar-refractivity contribution >= 4 is 13.8 Å². The van der Waals surface area contributed by atoms with E-state index in [0.717, 1.165) is 0 Å². The summed E-state index contributed by atoms with van der Waals surface area (Å²) in [6.45, 7) is 0. The quantitative estimate of drug-likeness (QED) is 0.230. The molecule has 5 N–H and O–H groups in total. The fourth-order valence-corrected chi connectivity index (χ4v) is 1.04. The Kier molecular flexibility index (Phi) is 20.8. The van der Waals surface area contributed by atoms with Gasteiger partial charge < -0.3 is 40.3 Å². The zero-order chi connectivity index (χ0) is 15.2. The molecular formula is C9H11NNa3O8P. The zero-order valence-corrected chi connectivity index (χ0v) is 19.3. The minimum atomic E-state index is -5.39. The third kappa shape index (κ3) is 17.7. The summed E-state index contributed by atoms with van der Waals surface area (Å²) in [5.74, 6) is -1.62. The molecule has 0 radical (unpaired) electrons. The van der Waals surface area contributed by atoms with E-state index in [9.17, 15) is 4.79 Å². The average molecular weight is 361 g/mol. The van der Waals surface area contributed by atoms with Gasteiger partial charge in [0.2, 0.25) is 0 Å². The van der Waals surface area contributed by atoms with Crippen molar-refractivity contribution in [3.05, 3.63) is 23.8 Å². The fourth-order valence-electron chi connectivity index (χ4n) is 1.04. The van der Waals surface area contributed by atoms with Crippen molar-refractivity contribution in [3.8, 4) is 11.5 Å². The Labute approximate surface area is 193 Å². The summed E-state index contributed by atoms with van der Waals surface area (Å²) in [4.78, 5) is 36.1. The molecule has 1 rings (SSSR count). The molecule has 9 nitrogen and oxygen atoms in total. The van der Waals surface area contributed by atoms with E-state index < -0.39 is 19.8 Å². The number of phenolic OH excluding ortho intramolecular Hbond substituents is 2. The number of carboxylic acid groups (broad SMARTS) is 1. The number of rotatable bonds is 3. The Morgan fingerprint density at radius 2 is 1.55 bits per heavy atom. The monoisotopic (exact) mass is 361 g/mol. The number of aromatic hydroxyl groups is 2. The van der Waals surface area contributed by atoms with Crippen LogP contribution in [-0.2, 0) is 15.8 Å². The summed E-state index contributed by atoms with van der Waals surface area (Å²) >= 11 is 0. The molecule has 1 aromatic carbocycles. The number of carboxylic acids is 1. The van der Waals surface area contributed by atoms with Gasteiger partial charge >= 0.3 is 94.6 Å². The van der Waals surface area contributed by atoms with E-state index >= 15 is 0 Å². The molecule has 0 aliphatic heterocycles. The maximum absolute atomic E-state index is 10.4. The van der Waals surface area contributed by atoms with Crippen molar-refractivity contribution in [1.82, 2.24) is 0 Å². The molecule has 0 bridgehead atoms. The van der Waals surface area contributed by atoms with Crippen molar-refractivity contribution in [2.24, 2.45) is 5.73 Å². The molecule has 108 valence electrons. The van der Waals surface area contributed by atoms with Gasteiger partial charge in [-0.05, 0) is 24.1 Å². The predicted octanol–water partition coefficient (Wildman–Crippen LogP) is -11.8. The van der Waals surface area contributed by atoms with Gasteiger partial charge in [-0.3, -0.25) is 4.79 Å². The maximum Gasteiger partial charge on any atom is 1.00 e. The van der Waals surface area contributed by atoms with E-state index in [1.54, 1.807) is 0 Å². The van der Waals surface area contributed by atoms with Crippen LogP contribution in [0.25, 0.3) is 0 Å². The Morgan fingerprint density at radius 3 is 1.86 bits per heavy atom. The van der Waals surface area contributed by atoms with Gasteiger partial charge in [0.15, 0.2) is 11.5 Å². The number of hydrogen-bond donors (Lipinski definition) is 4. The van der Waals surface area contributed by atoms with Crippen LogP contribution in [0, 0.1) is 0 Å². The van der Waals surface area contributed by atoms with Crippen LogP contribution in [0.1, 0.15) is 5.56 Å². The molecule has 0 heterocycles. The molecule has 1 unspecified atom stereocenters. The van der Waals surface area contributed by atoms with E-state index in [1.807, 2.05) is 0 Å². The van der Waals surface area contributed by atoms with E-state index in [1.165, 1.54) is 18.2 Å². The van der Waals surface area contributed by atoms with E-state index in [2.05, 4.69) is 0 Å². The van der Waals surface area contributed by atoms with Crippen molar-refractivity contribution < 1.29 is 128 Å². The number of benzene rings is 1. The molecule has 0 saturated heterocycles. The minimum Gasteiger partial charge on any atom is -0.822 e. The molecule has 22 heavy (non-hydrogen) atoms. The van der Waals surface area contributed by atoms with Gasteiger partial charge in [-0.15, -0.1) is 0 Å². The third-order valence-electron chi connectivity index (χ3n) is 1.81. The zero-order valence-electron chi connectivity index (χ0n) is 12.4. The molecule has 0 saturated carbocycles. The van der Waals surface area contributed by atoms with Crippen LogP contribution in [-0.4, -0.2) is 27.3 Å². The maximum atomic E-state index is 10.4. The first-order chi connectivity index (χ1) is 8.50. The van der Waals surface area contributed by atoms with Gasteiger partial charge in [0, 0.05) is 0 Å². The number of nitrogens with two attached hydrogens (primary N) is 1. The summed E-state index contributed by atoms with van der Waals surface area (Å²) in [6, 6.07) is 3.09. The average Bonchev–Trinajstić information content (AvgIpc) is 2.21. The van der Waals surface area contributed by atoms with Crippen LogP contribution in [0.2, 0.25) is 0 Å². The minimum absolute atomic E-state index is 0. The van der Waals surface area contributed by atoms with E-state index in [-0.39, 0.29) is 107 Å². The normalized spacial score (nSPS) is 10.5. The first-order valence-electron chi connectivity index (χ1n) is 4.73. The summed E-state index contributed by atoms with van der Waals surface area (Å²) in [5, 5.41) is 26.6. The van der Waals surface area contributed by atoms with Crippen molar-refractivity contribution in [3.63, 3.8) is 0 Å². The number of aliphatic carboxylic acids is 1. The van der Waals surface area contributed by atoms with Crippen LogP contribution < -0.4 is 109 Å². The molecule has 1 aromatic rings. The van der Waals surface area contributed by atoms with E-state index in [0.29, 0.717) is 5.56 Å². The largest absolute Gasteiger partial charge is 1.00 e. The number of hydrogen-bond acceptors (Lipinski definition) is 8. The van der Waals surface area contributed by atoms with Gasteiger partial charge in [-0.2, -0.15) is 7.82 Å². The number of carbonyl (C=O) groups is 1. The second-order valence-electron chi connectivity index (χ2n) is 3.42. The van der Waals surface area contributed by atoms with E-state index in [4.69, 9.17) is 40.3 Å². The summed E-state index contributed by atoms with van der Waals surface area (Å²) in [7, 11) is -5.39. The van der Waals surface area contributed by atoms with Gasteiger partial charge in [0.1, 0.15) is 6.04 Å². The molecular weight excluding hydrogens is 350 g/mol. The van der Waals surface area contributed by atoms with Crippen LogP contribution in [0.4, 0.5) is 0 Å². The van der Waals surface area contributed by atoms with Crippen LogP contribution in [0.15, 0.2) is 18.2 Å². The molecule has 0 aliphatic rings. The number of phenols is 2. The Balaban J connectivity index is -0.000000179. The van der Waals surface area contributed by atoms with Crippen molar-refractivity contribution in [2.75, 3.05) is 0 Å². The van der Waals surface area contributed by atoms with Crippen LogP contribution in [0.3, 0.4) is 0 Å². The molecule has 0 aromatic heterocycles. The first kappa shape index (κ1) is 31.2. The Bertz CT molecular complexity index is 489. The third-order valence-corrected chi connectivity index (χ3v) is 1.81. The number of phosphoric acid groups is 1. The Morgan fingerprint density at radius 1 is 1.14 bits per heavy atom. The van der Waals surface area contributed by atoms with Gasteiger partial charge in [0.25, 0.3) is 0 Å². The molecule has 0 amide bonds. The van der Waals surface area contributed by atoms with Crippen LogP contribution >= 0.6 is 7.82 Å². The topological polar surface area (TPSA) is 190 Å². The summed E-state index contributed by atoms with van der Waals surface area (Å²) in [5.41, 5.74) is 5.86. The standard InChI is InChI=1S/C9H11NO4.3Na.H3O4P/c10-6(9(13)14)3-5-1-2-7(11)8(12)4-5;;;;1-5(2,3)4/h1-2,4,6,11-12H,3,10H2,(H,13,14);;;;(H3,1,2,3,4)/q;3*+1;/p-3. The molecule has 0 spiro atoms. The predicted molar refractivity (Wildman–Crippen MR) is 56.7 cm³/mol.